The number of carbonyl (C=O) groups is 2. The first-order chi connectivity index (χ1) is 15.7. The number of hydrogen-bond acceptors (Lipinski definition) is 5. The molecule has 0 spiro atoms. The number of aromatic carboxylic acids is 1. The maximum Gasteiger partial charge on any atom is 0.421 e. The number of nitrogens with zero attached hydrogens (tertiary/aromatic N) is 3. The molecular weight excluding hydrogens is 455 g/mol. The standard InChI is InChI=1S/C23H28F3N3O5/c1-12-9-15-16(17(23(24,25)26)19(33-15)20(30)31)18-14(12)11-29(27-18)10-13-5-7-28(8-6-13)21(32)34-22(2,3)4/h11-13H,5-10H2,1-4H3,(H,30,31). The van der Waals surface area contributed by atoms with Crippen LogP contribution >= 0.6 is 0 Å². The minimum Gasteiger partial charge on any atom is -0.475 e. The number of amides is 1. The Morgan fingerprint density at radius 1 is 1.24 bits per heavy atom. The van der Waals surface area contributed by atoms with Gasteiger partial charge in [0.25, 0.3) is 0 Å². The van der Waals surface area contributed by atoms with Crippen molar-refractivity contribution < 1.29 is 37.0 Å². The second kappa shape index (κ2) is 8.35. The zero-order valence-corrected chi connectivity index (χ0v) is 19.5. The molecule has 2 aromatic heterocycles. The van der Waals surface area contributed by atoms with E-state index in [1.807, 2.05) is 27.7 Å². The van der Waals surface area contributed by atoms with Crippen molar-refractivity contribution in [1.29, 1.82) is 0 Å². The molecule has 0 saturated carbocycles. The summed E-state index contributed by atoms with van der Waals surface area (Å²) in [5, 5.41) is 13.7. The number of carboxylic acid groups (broad SMARTS) is 1. The summed E-state index contributed by atoms with van der Waals surface area (Å²) in [5.41, 5.74) is -1.35. The largest absolute Gasteiger partial charge is 0.475 e. The van der Waals surface area contributed by atoms with Crippen molar-refractivity contribution in [2.75, 3.05) is 13.1 Å². The van der Waals surface area contributed by atoms with Crippen LogP contribution in [0, 0.1) is 5.92 Å². The average Bonchev–Trinajstić information content (AvgIpc) is 3.28. The van der Waals surface area contributed by atoms with E-state index in [9.17, 15) is 27.9 Å². The van der Waals surface area contributed by atoms with Crippen LogP contribution in [0.1, 0.15) is 73.9 Å². The van der Waals surface area contributed by atoms with E-state index in [2.05, 4.69) is 5.10 Å². The van der Waals surface area contributed by atoms with Crippen LogP contribution in [0.3, 0.4) is 0 Å². The number of furan rings is 1. The second-order valence-electron chi connectivity index (χ2n) is 10.1. The summed E-state index contributed by atoms with van der Waals surface area (Å²) in [6, 6.07) is 0. The first-order valence-corrected chi connectivity index (χ1v) is 11.3. The Hall–Kier alpha value is -2.98. The topological polar surface area (TPSA) is 97.8 Å². The molecule has 1 N–H and O–H groups in total. The zero-order valence-electron chi connectivity index (χ0n) is 19.5. The Morgan fingerprint density at radius 2 is 1.88 bits per heavy atom. The third-order valence-corrected chi connectivity index (χ3v) is 6.22. The van der Waals surface area contributed by atoms with Crippen LogP contribution in [-0.2, 0) is 23.9 Å². The lowest BCUT2D eigenvalue weighted by Crippen LogP contribution is -2.42. The molecule has 1 amide bonds. The molecule has 0 radical (unpaired) electrons. The molecule has 0 bridgehead atoms. The smallest absolute Gasteiger partial charge is 0.421 e. The fraction of sp³-hybridized carbons (Fsp3) is 0.609. The highest BCUT2D eigenvalue weighted by Gasteiger charge is 2.46. The Kier molecular flexibility index (Phi) is 5.93. The number of piperidine rings is 1. The SMILES string of the molecule is CC1Cc2oc(C(=O)O)c(C(F)(F)F)c2-c2nn(CC3CCN(C(=O)OC(C)(C)C)CC3)cc21. The van der Waals surface area contributed by atoms with Crippen LogP contribution in [0.2, 0.25) is 0 Å². The molecular formula is C23H28F3N3O5. The van der Waals surface area contributed by atoms with Gasteiger partial charge in [-0.1, -0.05) is 6.92 Å². The number of fused-ring (bicyclic) bond motifs is 3. The fourth-order valence-electron chi connectivity index (χ4n) is 4.66. The molecule has 3 heterocycles. The van der Waals surface area contributed by atoms with Crippen molar-refractivity contribution in [2.45, 2.75) is 71.2 Å². The van der Waals surface area contributed by atoms with Crippen molar-refractivity contribution in [2.24, 2.45) is 5.92 Å². The number of ether oxygens (including phenoxy) is 1. The lowest BCUT2D eigenvalue weighted by atomic mass is 9.86. The summed E-state index contributed by atoms with van der Waals surface area (Å²) < 4.78 is 53.6. The van der Waals surface area contributed by atoms with Crippen LogP contribution in [0.25, 0.3) is 11.3 Å². The normalized spacial score (nSPS) is 19.0. The molecule has 186 valence electrons. The van der Waals surface area contributed by atoms with Crippen LogP contribution in [-0.4, -0.2) is 50.5 Å². The van der Waals surface area contributed by atoms with Crippen molar-refractivity contribution in [3.05, 3.63) is 28.8 Å². The first-order valence-electron chi connectivity index (χ1n) is 11.3. The summed E-state index contributed by atoms with van der Waals surface area (Å²) in [7, 11) is 0. The molecule has 1 aliphatic carbocycles. The summed E-state index contributed by atoms with van der Waals surface area (Å²) in [6.07, 6.45) is -1.90. The first kappa shape index (κ1) is 24.2. The molecule has 1 fully saturated rings. The van der Waals surface area contributed by atoms with E-state index in [0.717, 1.165) is 0 Å². The van der Waals surface area contributed by atoms with Gasteiger partial charge in [-0.15, -0.1) is 0 Å². The number of aromatic nitrogens is 2. The fourth-order valence-corrected chi connectivity index (χ4v) is 4.66. The molecule has 1 atom stereocenters. The van der Waals surface area contributed by atoms with Gasteiger partial charge in [0.2, 0.25) is 5.76 Å². The number of alkyl halides is 3. The van der Waals surface area contributed by atoms with E-state index in [1.54, 1.807) is 15.8 Å². The van der Waals surface area contributed by atoms with Gasteiger partial charge in [0.1, 0.15) is 16.9 Å². The van der Waals surface area contributed by atoms with Crippen LogP contribution in [0.5, 0.6) is 0 Å². The van der Waals surface area contributed by atoms with Gasteiger partial charge in [-0.2, -0.15) is 18.3 Å². The summed E-state index contributed by atoms with van der Waals surface area (Å²) >= 11 is 0. The molecule has 34 heavy (non-hydrogen) atoms. The van der Waals surface area contributed by atoms with Crippen molar-refractivity contribution in [1.82, 2.24) is 14.7 Å². The highest BCUT2D eigenvalue weighted by atomic mass is 19.4. The third-order valence-electron chi connectivity index (χ3n) is 6.22. The van der Waals surface area contributed by atoms with Crippen LogP contribution < -0.4 is 0 Å². The quantitative estimate of drug-likeness (QED) is 0.647. The molecule has 2 aliphatic rings. The van der Waals surface area contributed by atoms with E-state index in [-0.39, 0.29) is 41.4 Å². The minimum absolute atomic E-state index is 0.000596. The zero-order chi connectivity index (χ0) is 25.0. The highest BCUT2D eigenvalue weighted by molar-refractivity contribution is 5.91. The van der Waals surface area contributed by atoms with Crippen molar-refractivity contribution in [3.8, 4) is 11.3 Å². The number of carboxylic acids is 1. The van der Waals surface area contributed by atoms with Crippen LogP contribution in [0.15, 0.2) is 10.6 Å². The third kappa shape index (κ3) is 4.65. The molecule has 1 aliphatic heterocycles. The van der Waals surface area contributed by atoms with E-state index in [1.165, 1.54) is 0 Å². The maximum atomic E-state index is 13.8. The van der Waals surface area contributed by atoms with Gasteiger partial charge >= 0.3 is 18.2 Å². The number of hydrogen-bond donors (Lipinski definition) is 1. The van der Waals surface area contributed by atoms with E-state index < -0.39 is 29.1 Å². The van der Waals surface area contributed by atoms with Crippen molar-refractivity contribution in [3.63, 3.8) is 0 Å². The van der Waals surface area contributed by atoms with Gasteiger partial charge in [0.05, 0.1) is 11.3 Å². The molecule has 8 nitrogen and oxygen atoms in total. The molecule has 1 saturated heterocycles. The number of likely N-dealkylation sites (tertiary alicyclic amines) is 1. The second-order valence-corrected chi connectivity index (χ2v) is 10.1. The maximum absolute atomic E-state index is 13.8. The summed E-state index contributed by atoms with van der Waals surface area (Å²) in [6.45, 7) is 8.84. The summed E-state index contributed by atoms with van der Waals surface area (Å²) in [5.74, 6) is -2.83. The monoisotopic (exact) mass is 483 g/mol. The van der Waals surface area contributed by atoms with Crippen molar-refractivity contribution >= 4 is 12.1 Å². The number of halogens is 3. The highest BCUT2D eigenvalue weighted by Crippen LogP contribution is 2.48. The Bertz CT molecular complexity index is 1100. The van der Waals surface area contributed by atoms with Gasteiger partial charge in [-0.3, -0.25) is 4.68 Å². The average molecular weight is 483 g/mol. The van der Waals surface area contributed by atoms with Gasteiger partial charge in [-0.05, 0) is 45.4 Å². The lowest BCUT2D eigenvalue weighted by molar-refractivity contribution is -0.138. The summed E-state index contributed by atoms with van der Waals surface area (Å²) in [4.78, 5) is 25.4. The van der Waals surface area contributed by atoms with Gasteiger partial charge in [-0.25, -0.2) is 9.59 Å². The lowest BCUT2D eigenvalue weighted by Gasteiger charge is -2.33. The molecule has 4 rings (SSSR count). The molecule has 0 aromatic carbocycles. The van der Waals surface area contributed by atoms with E-state index >= 15 is 0 Å². The van der Waals surface area contributed by atoms with Gasteiger partial charge in [0.15, 0.2) is 0 Å². The Labute approximate surface area is 194 Å². The number of rotatable bonds is 3. The molecule has 11 heteroatoms. The minimum atomic E-state index is -4.89. The predicted molar refractivity (Wildman–Crippen MR) is 115 cm³/mol. The van der Waals surface area contributed by atoms with Gasteiger partial charge < -0.3 is 19.2 Å². The van der Waals surface area contributed by atoms with E-state index in [0.29, 0.717) is 38.0 Å². The molecule has 1 unspecified atom stereocenters. The molecule has 2 aromatic rings. The van der Waals surface area contributed by atoms with Crippen LogP contribution in [0.4, 0.5) is 18.0 Å². The Balaban J connectivity index is 1.54. The Morgan fingerprint density at radius 3 is 2.44 bits per heavy atom. The van der Waals surface area contributed by atoms with E-state index in [4.69, 9.17) is 9.15 Å². The predicted octanol–water partition coefficient (Wildman–Crippen LogP) is 5.17. The van der Waals surface area contributed by atoms with Gasteiger partial charge in [0, 0.05) is 37.8 Å². The number of carbonyl (C=O) groups excluding carboxylic acids is 1.